The summed E-state index contributed by atoms with van der Waals surface area (Å²) in [7, 11) is 5.82. The fourth-order valence-corrected chi connectivity index (χ4v) is 0.500. The Morgan fingerprint density at radius 2 is 0.349 bits per heavy atom. The van der Waals surface area contributed by atoms with Crippen molar-refractivity contribution in [2.45, 2.75) is 0 Å². The zero-order valence-electron chi connectivity index (χ0n) is 22.2. The summed E-state index contributed by atoms with van der Waals surface area (Å²) in [6, 6.07) is 0. The zero-order chi connectivity index (χ0) is 35.2. The Kier molecular flexibility index (Phi) is 42.8. The minimum absolute atomic E-state index is 0. The first-order valence-electron chi connectivity index (χ1n) is 8.85. The van der Waals surface area contributed by atoms with E-state index in [4.69, 9.17) is 0 Å². The predicted molar refractivity (Wildman–Crippen MR) is 102 cm³/mol. The molecule has 0 aliphatic rings. The third-order valence-electron chi connectivity index (χ3n) is 2.11. The number of esters is 6. The van der Waals surface area contributed by atoms with E-state index in [-0.39, 0.29) is 21.1 Å². The molecule has 25 heteroatoms. The maximum Gasteiger partial charge on any atom is 0.353 e. The SMILES string of the molecule is COC(=O)C(=O)[O-].COC(=O)C(=O)[O-].COC(=O)C(=O)[O-].COC(=O)C(=O)[O-].COC(=O)C(=O)[O-].COC(=O)C(=O)[O-].[Mo]. The van der Waals surface area contributed by atoms with Crippen LogP contribution in [0.4, 0.5) is 0 Å². The van der Waals surface area contributed by atoms with Gasteiger partial charge in [0.15, 0.2) is 35.8 Å². The van der Waals surface area contributed by atoms with Gasteiger partial charge in [-0.15, -0.1) is 0 Å². The molecule has 0 aliphatic carbocycles. The Hall–Kier alpha value is -5.67. The summed E-state index contributed by atoms with van der Waals surface area (Å²) in [5.74, 6) is -19.0. The minimum Gasteiger partial charge on any atom is -0.539 e. The van der Waals surface area contributed by atoms with Gasteiger partial charge in [-0.2, -0.15) is 0 Å². The average Bonchev–Trinajstić information content (AvgIpc) is 2.95. The molecule has 0 atom stereocenters. The van der Waals surface area contributed by atoms with Crippen molar-refractivity contribution in [1.82, 2.24) is 0 Å². The molecule has 43 heavy (non-hydrogen) atoms. The van der Waals surface area contributed by atoms with Crippen LogP contribution in [0.2, 0.25) is 0 Å². The number of carboxylic acid groups (broad SMARTS) is 6. The Balaban J connectivity index is -0.0000000720. The summed E-state index contributed by atoms with van der Waals surface area (Å²) in [5.41, 5.74) is 0. The van der Waals surface area contributed by atoms with Crippen LogP contribution in [0.1, 0.15) is 0 Å². The Morgan fingerprint density at radius 3 is 0.349 bits per heavy atom. The van der Waals surface area contributed by atoms with Gasteiger partial charge in [0, 0.05) is 21.1 Å². The summed E-state index contributed by atoms with van der Waals surface area (Å²) >= 11 is 0. The topological polar surface area (TPSA) is 399 Å². The van der Waals surface area contributed by atoms with E-state index in [0.29, 0.717) is 0 Å². The van der Waals surface area contributed by atoms with Crippen LogP contribution in [-0.4, -0.2) is 114 Å². The second-order valence-electron chi connectivity index (χ2n) is 4.67. The van der Waals surface area contributed by atoms with Crippen molar-refractivity contribution < 1.29 is 138 Å². The van der Waals surface area contributed by atoms with Gasteiger partial charge < -0.3 is 87.8 Å². The van der Waals surface area contributed by atoms with Gasteiger partial charge in [-0.3, -0.25) is 0 Å². The number of carbonyl (C=O) groups excluding carboxylic acids is 12. The number of aliphatic carboxylic acids is 6. The van der Waals surface area contributed by atoms with Crippen molar-refractivity contribution in [2.75, 3.05) is 42.7 Å². The Morgan fingerprint density at radius 1 is 0.279 bits per heavy atom. The number of hydrogen-bond acceptors (Lipinski definition) is 24. The van der Waals surface area contributed by atoms with E-state index in [1.807, 2.05) is 0 Å². The number of rotatable bonds is 0. The van der Waals surface area contributed by atoms with Crippen LogP contribution >= 0.6 is 0 Å². The molecule has 0 N–H and O–H groups in total. The van der Waals surface area contributed by atoms with Crippen LogP contribution in [0.25, 0.3) is 0 Å². The van der Waals surface area contributed by atoms with Crippen LogP contribution in [0.3, 0.4) is 0 Å². The number of hydrogen-bond donors (Lipinski definition) is 0. The van der Waals surface area contributed by atoms with Gasteiger partial charge in [0.1, 0.15) is 0 Å². The molecule has 0 fully saturated rings. The summed E-state index contributed by atoms with van der Waals surface area (Å²) in [4.78, 5) is 114. The second-order valence-corrected chi connectivity index (χ2v) is 4.67. The van der Waals surface area contributed by atoms with Crippen LogP contribution in [0, 0.1) is 0 Å². The van der Waals surface area contributed by atoms with Gasteiger partial charge in [0.2, 0.25) is 0 Å². The van der Waals surface area contributed by atoms with E-state index in [0.717, 1.165) is 42.7 Å². The second kappa shape index (κ2) is 34.4. The number of methoxy groups -OCH3 is 6. The van der Waals surface area contributed by atoms with Gasteiger partial charge in [-0.1, -0.05) is 0 Å². The molecule has 0 aliphatic heterocycles. The van der Waals surface area contributed by atoms with Crippen molar-refractivity contribution >= 4 is 71.6 Å². The standard InChI is InChI=1S/6C3H4O4.Mo/c6*1-7-3(6)2(4)5;/h6*1H3,(H,4,5);/p-6. The molecular weight excluding hydrogens is 696 g/mol. The zero-order valence-corrected chi connectivity index (χ0v) is 24.2. The molecular formula is C18H18MoO24-6. The monoisotopic (exact) mass is 716 g/mol. The van der Waals surface area contributed by atoms with Crippen molar-refractivity contribution in [3.63, 3.8) is 0 Å². The molecule has 246 valence electrons. The maximum absolute atomic E-state index is 9.63. The third kappa shape index (κ3) is 46.5. The average molecular weight is 714 g/mol. The molecule has 0 bridgehead atoms. The normalized spacial score (nSPS) is 7.40. The smallest absolute Gasteiger partial charge is 0.353 e. The number of ether oxygens (including phenoxy) is 6. The molecule has 0 aromatic carbocycles. The van der Waals surface area contributed by atoms with E-state index in [2.05, 4.69) is 28.4 Å². The molecule has 0 saturated heterocycles. The first-order valence-corrected chi connectivity index (χ1v) is 8.85. The molecule has 0 saturated carbocycles. The summed E-state index contributed by atoms with van der Waals surface area (Å²) in [6.07, 6.45) is 0. The molecule has 0 heterocycles. The predicted octanol–water partition coefficient (Wildman–Crippen LogP) is -12.5. The molecule has 24 nitrogen and oxygen atoms in total. The first kappa shape index (κ1) is 53.6. The van der Waals surface area contributed by atoms with Crippen molar-refractivity contribution in [1.29, 1.82) is 0 Å². The van der Waals surface area contributed by atoms with Gasteiger partial charge in [0.25, 0.3) is 0 Å². The summed E-state index contributed by atoms with van der Waals surface area (Å²) < 4.78 is 22.3. The largest absolute Gasteiger partial charge is 0.539 e. The van der Waals surface area contributed by atoms with Gasteiger partial charge in [-0.25, -0.2) is 28.8 Å². The van der Waals surface area contributed by atoms with E-state index in [1.54, 1.807) is 0 Å². The van der Waals surface area contributed by atoms with Gasteiger partial charge in [-0.05, 0) is 0 Å². The fourth-order valence-electron chi connectivity index (χ4n) is 0.500. The van der Waals surface area contributed by atoms with Crippen molar-refractivity contribution in [3.05, 3.63) is 0 Å². The number of carboxylic acids is 6. The molecule has 0 aromatic heterocycles. The van der Waals surface area contributed by atoms with Crippen LogP contribution in [-0.2, 0) is 107 Å². The quantitative estimate of drug-likeness (QED) is 0.0972. The van der Waals surface area contributed by atoms with E-state index in [9.17, 15) is 88.2 Å². The Labute approximate surface area is 252 Å². The molecule has 0 rings (SSSR count). The van der Waals surface area contributed by atoms with E-state index >= 15 is 0 Å². The summed E-state index contributed by atoms with van der Waals surface area (Å²) in [6.45, 7) is 0. The van der Waals surface area contributed by atoms with Crippen LogP contribution in [0.15, 0.2) is 0 Å². The van der Waals surface area contributed by atoms with Gasteiger partial charge >= 0.3 is 35.8 Å². The van der Waals surface area contributed by atoms with Gasteiger partial charge in [0.05, 0.1) is 42.7 Å². The molecule has 0 radical (unpaired) electrons. The molecule has 0 aromatic rings. The first-order chi connectivity index (χ1) is 19.1. The molecule has 0 unspecified atom stereocenters. The molecule has 0 amide bonds. The fraction of sp³-hybridized carbons (Fsp3) is 0.333. The van der Waals surface area contributed by atoms with E-state index in [1.165, 1.54) is 0 Å². The van der Waals surface area contributed by atoms with E-state index < -0.39 is 71.6 Å². The van der Waals surface area contributed by atoms with Crippen LogP contribution < -0.4 is 30.6 Å². The van der Waals surface area contributed by atoms with Crippen molar-refractivity contribution in [2.24, 2.45) is 0 Å². The summed E-state index contributed by atoms with van der Waals surface area (Å²) in [5, 5.41) is 56.1. The Bertz CT molecular complexity index is 779. The minimum atomic E-state index is -1.82. The molecule has 0 spiro atoms. The van der Waals surface area contributed by atoms with Crippen molar-refractivity contribution in [3.8, 4) is 0 Å². The van der Waals surface area contributed by atoms with Crippen LogP contribution in [0.5, 0.6) is 0 Å². The third-order valence-corrected chi connectivity index (χ3v) is 2.11. The number of carbonyl (C=O) groups is 12. The maximum atomic E-state index is 9.63.